The maximum absolute atomic E-state index is 13.5. The van der Waals surface area contributed by atoms with Crippen LogP contribution in [0.15, 0.2) is 47.4 Å². The van der Waals surface area contributed by atoms with E-state index in [2.05, 4.69) is 4.72 Å². The van der Waals surface area contributed by atoms with Crippen molar-refractivity contribution in [3.8, 4) is 0 Å². The summed E-state index contributed by atoms with van der Waals surface area (Å²) in [5.74, 6) is -1.75. The van der Waals surface area contributed by atoms with E-state index < -0.39 is 21.7 Å². The van der Waals surface area contributed by atoms with Crippen LogP contribution in [0.4, 0.5) is 14.5 Å². The molecule has 0 bridgehead atoms. The molecule has 21 heavy (non-hydrogen) atoms. The molecule has 0 heterocycles. The molecule has 0 aliphatic rings. The average molecular weight is 312 g/mol. The first-order valence-corrected chi connectivity index (χ1v) is 7.67. The van der Waals surface area contributed by atoms with Gasteiger partial charge in [-0.15, -0.1) is 0 Å². The SMILES string of the molecule is NCCc1ccc(S(=O)(=O)Nc2ccc(F)cc2F)cc1. The Morgan fingerprint density at radius 3 is 2.29 bits per heavy atom. The fraction of sp³-hybridized carbons (Fsp3) is 0.143. The monoisotopic (exact) mass is 312 g/mol. The van der Waals surface area contributed by atoms with Crippen LogP contribution in [-0.2, 0) is 16.4 Å². The molecule has 0 unspecified atom stereocenters. The van der Waals surface area contributed by atoms with Crippen molar-refractivity contribution in [3.63, 3.8) is 0 Å². The van der Waals surface area contributed by atoms with Gasteiger partial charge in [0.05, 0.1) is 10.6 Å². The Morgan fingerprint density at radius 1 is 1.05 bits per heavy atom. The fourth-order valence-electron chi connectivity index (χ4n) is 1.78. The molecule has 2 rings (SSSR count). The smallest absolute Gasteiger partial charge is 0.261 e. The first-order chi connectivity index (χ1) is 9.92. The Morgan fingerprint density at radius 2 is 1.71 bits per heavy atom. The van der Waals surface area contributed by atoms with Crippen LogP contribution in [0.5, 0.6) is 0 Å². The number of anilines is 1. The minimum absolute atomic E-state index is 0.00741. The predicted octanol–water partition coefficient (Wildman–Crippen LogP) is 2.27. The minimum Gasteiger partial charge on any atom is -0.330 e. The van der Waals surface area contributed by atoms with E-state index in [4.69, 9.17) is 5.73 Å². The molecule has 0 aromatic heterocycles. The molecule has 0 aliphatic heterocycles. The van der Waals surface area contributed by atoms with Crippen LogP contribution in [0.2, 0.25) is 0 Å². The van der Waals surface area contributed by atoms with Gasteiger partial charge < -0.3 is 5.73 Å². The third-order valence-corrected chi connectivity index (χ3v) is 4.22. The predicted molar refractivity (Wildman–Crippen MR) is 76.4 cm³/mol. The number of hydrogen-bond donors (Lipinski definition) is 2. The zero-order valence-corrected chi connectivity index (χ0v) is 11.8. The van der Waals surface area contributed by atoms with E-state index in [1.54, 1.807) is 12.1 Å². The summed E-state index contributed by atoms with van der Waals surface area (Å²) in [6.07, 6.45) is 0.639. The molecular formula is C14H14F2N2O2S. The topological polar surface area (TPSA) is 72.2 Å². The van der Waals surface area contributed by atoms with Crippen molar-refractivity contribution in [2.45, 2.75) is 11.3 Å². The quantitative estimate of drug-likeness (QED) is 0.889. The van der Waals surface area contributed by atoms with Gasteiger partial charge in [-0.2, -0.15) is 0 Å². The van der Waals surface area contributed by atoms with Gasteiger partial charge in [0.2, 0.25) is 0 Å². The van der Waals surface area contributed by atoms with Crippen molar-refractivity contribution >= 4 is 15.7 Å². The van der Waals surface area contributed by atoms with E-state index in [0.717, 1.165) is 17.7 Å². The van der Waals surface area contributed by atoms with Gasteiger partial charge >= 0.3 is 0 Å². The third kappa shape index (κ3) is 3.77. The van der Waals surface area contributed by atoms with Crippen LogP contribution in [-0.4, -0.2) is 15.0 Å². The highest BCUT2D eigenvalue weighted by atomic mass is 32.2. The summed E-state index contributed by atoms with van der Waals surface area (Å²) < 4.78 is 52.6. The van der Waals surface area contributed by atoms with Gasteiger partial charge in [0.25, 0.3) is 10.0 Å². The van der Waals surface area contributed by atoms with E-state index in [1.165, 1.54) is 12.1 Å². The summed E-state index contributed by atoms with van der Waals surface area (Å²) in [6, 6.07) is 8.73. The normalized spacial score (nSPS) is 11.4. The lowest BCUT2D eigenvalue weighted by Gasteiger charge is -2.09. The maximum Gasteiger partial charge on any atom is 0.261 e. The molecule has 4 nitrogen and oxygen atoms in total. The lowest BCUT2D eigenvalue weighted by molar-refractivity contribution is 0.583. The van der Waals surface area contributed by atoms with E-state index >= 15 is 0 Å². The summed E-state index contributed by atoms with van der Waals surface area (Å²) in [5, 5.41) is 0. The highest BCUT2D eigenvalue weighted by molar-refractivity contribution is 7.92. The van der Waals surface area contributed by atoms with Crippen LogP contribution >= 0.6 is 0 Å². The lowest BCUT2D eigenvalue weighted by atomic mass is 10.2. The van der Waals surface area contributed by atoms with Gasteiger partial charge in [-0.05, 0) is 42.8 Å². The van der Waals surface area contributed by atoms with Crippen molar-refractivity contribution in [2.75, 3.05) is 11.3 Å². The van der Waals surface area contributed by atoms with Gasteiger partial charge in [-0.1, -0.05) is 12.1 Å². The second-order valence-corrected chi connectivity index (χ2v) is 6.09. The van der Waals surface area contributed by atoms with E-state index in [9.17, 15) is 17.2 Å². The fourth-order valence-corrected chi connectivity index (χ4v) is 2.85. The molecule has 7 heteroatoms. The number of nitrogens with two attached hydrogens (primary N) is 1. The first-order valence-electron chi connectivity index (χ1n) is 6.19. The molecule has 3 N–H and O–H groups in total. The Bertz CT molecular complexity index is 731. The van der Waals surface area contributed by atoms with Gasteiger partial charge in [0.1, 0.15) is 11.6 Å². The zero-order chi connectivity index (χ0) is 15.5. The molecule has 2 aromatic rings. The van der Waals surface area contributed by atoms with Crippen LogP contribution in [0.3, 0.4) is 0 Å². The molecule has 0 atom stereocenters. The number of nitrogens with one attached hydrogen (secondary N) is 1. The van der Waals surface area contributed by atoms with Gasteiger partial charge in [0.15, 0.2) is 0 Å². The molecule has 0 saturated heterocycles. The summed E-state index contributed by atoms with van der Waals surface area (Å²) in [6.45, 7) is 0.463. The minimum atomic E-state index is -3.92. The maximum atomic E-state index is 13.5. The highest BCUT2D eigenvalue weighted by Crippen LogP contribution is 2.20. The lowest BCUT2D eigenvalue weighted by Crippen LogP contribution is -2.14. The van der Waals surface area contributed by atoms with Crippen molar-refractivity contribution in [1.29, 1.82) is 0 Å². The van der Waals surface area contributed by atoms with Crippen molar-refractivity contribution in [2.24, 2.45) is 5.73 Å². The molecular weight excluding hydrogens is 298 g/mol. The number of sulfonamides is 1. The van der Waals surface area contributed by atoms with Gasteiger partial charge in [0, 0.05) is 6.07 Å². The van der Waals surface area contributed by atoms with Crippen LogP contribution in [0.25, 0.3) is 0 Å². The second-order valence-electron chi connectivity index (χ2n) is 4.41. The van der Waals surface area contributed by atoms with E-state index in [0.29, 0.717) is 19.0 Å². The average Bonchev–Trinajstić information content (AvgIpc) is 2.43. The molecule has 0 saturated carbocycles. The summed E-state index contributed by atoms with van der Waals surface area (Å²) in [7, 11) is -3.92. The summed E-state index contributed by atoms with van der Waals surface area (Å²) >= 11 is 0. The Kier molecular flexibility index (Phi) is 4.54. The molecule has 0 amide bonds. The van der Waals surface area contributed by atoms with E-state index in [-0.39, 0.29) is 10.6 Å². The zero-order valence-electron chi connectivity index (χ0n) is 11.0. The molecule has 0 radical (unpaired) electrons. The first kappa shape index (κ1) is 15.4. The van der Waals surface area contributed by atoms with Crippen LogP contribution in [0, 0.1) is 11.6 Å². The largest absolute Gasteiger partial charge is 0.330 e. The van der Waals surface area contributed by atoms with E-state index in [1.807, 2.05) is 0 Å². The summed E-state index contributed by atoms with van der Waals surface area (Å²) in [5.41, 5.74) is 6.02. The Labute approximate surface area is 121 Å². The van der Waals surface area contributed by atoms with Crippen molar-refractivity contribution in [3.05, 3.63) is 59.7 Å². The van der Waals surface area contributed by atoms with Gasteiger partial charge in [-0.3, -0.25) is 4.72 Å². The number of hydrogen-bond acceptors (Lipinski definition) is 3. The van der Waals surface area contributed by atoms with Gasteiger partial charge in [-0.25, -0.2) is 17.2 Å². The Balaban J connectivity index is 2.25. The molecule has 2 aromatic carbocycles. The second kappa shape index (κ2) is 6.19. The molecule has 0 aliphatic carbocycles. The standard InChI is InChI=1S/C14H14F2N2O2S/c15-11-3-6-14(13(16)9-11)18-21(19,20)12-4-1-10(2-5-12)7-8-17/h1-6,9,18H,7-8,17H2. The summed E-state index contributed by atoms with van der Waals surface area (Å²) in [4.78, 5) is -0.00741. The van der Waals surface area contributed by atoms with Crippen LogP contribution in [0.1, 0.15) is 5.56 Å². The molecule has 0 spiro atoms. The number of benzene rings is 2. The van der Waals surface area contributed by atoms with Crippen molar-refractivity contribution < 1.29 is 17.2 Å². The van der Waals surface area contributed by atoms with Crippen molar-refractivity contribution in [1.82, 2.24) is 0 Å². The molecule has 0 fully saturated rings. The number of halogens is 2. The Hall–Kier alpha value is -1.99. The highest BCUT2D eigenvalue weighted by Gasteiger charge is 2.16. The molecule has 112 valence electrons. The van der Waals surface area contributed by atoms with Crippen LogP contribution < -0.4 is 10.5 Å². The number of rotatable bonds is 5. The third-order valence-electron chi connectivity index (χ3n) is 2.84.